The molecule has 0 aromatic heterocycles. The standard InChI is InChI=1S/C15H22N2O2S.ClH/c18-20(19,14-4-2-1-3-5-14)17-12-8-15(9-13-17)6-10-16-11-7-15;/h1-5,16H,6-13H2;1H. The minimum atomic E-state index is -3.30. The van der Waals surface area contributed by atoms with Gasteiger partial charge in [0.05, 0.1) is 4.90 Å². The van der Waals surface area contributed by atoms with Crippen molar-refractivity contribution in [3.05, 3.63) is 30.3 Å². The van der Waals surface area contributed by atoms with E-state index in [0.717, 1.165) is 25.9 Å². The summed E-state index contributed by atoms with van der Waals surface area (Å²) in [5.41, 5.74) is 0.383. The molecule has 21 heavy (non-hydrogen) atoms. The van der Waals surface area contributed by atoms with Crippen molar-refractivity contribution in [2.75, 3.05) is 26.2 Å². The van der Waals surface area contributed by atoms with E-state index in [9.17, 15) is 8.42 Å². The summed E-state index contributed by atoms with van der Waals surface area (Å²) < 4.78 is 26.8. The molecular weight excluding hydrogens is 308 g/mol. The van der Waals surface area contributed by atoms with Crippen LogP contribution in [0.15, 0.2) is 35.2 Å². The predicted octanol–water partition coefficient (Wildman–Crippen LogP) is 2.26. The van der Waals surface area contributed by atoms with Gasteiger partial charge in [0.25, 0.3) is 0 Å². The number of hydrogen-bond acceptors (Lipinski definition) is 3. The van der Waals surface area contributed by atoms with Crippen LogP contribution in [0.1, 0.15) is 25.7 Å². The Labute approximate surface area is 133 Å². The average Bonchev–Trinajstić information content (AvgIpc) is 2.49. The van der Waals surface area contributed by atoms with Crippen LogP contribution in [-0.4, -0.2) is 38.9 Å². The molecule has 0 saturated carbocycles. The van der Waals surface area contributed by atoms with Crippen molar-refractivity contribution in [1.29, 1.82) is 0 Å². The molecule has 1 N–H and O–H groups in total. The zero-order valence-electron chi connectivity index (χ0n) is 12.1. The van der Waals surface area contributed by atoms with Gasteiger partial charge in [-0.2, -0.15) is 4.31 Å². The third-order valence-corrected chi connectivity index (χ3v) is 6.74. The molecule has 2 aliphatic heterocycles. The summed E-state index contributed by atoms with van der Waals surface area (Å²) in [5, 5.41) is 3.39. The lowest BCUT2D eigenvalue weighted by molar-refractivity contribution is 0.110. The second kappa shape index (κ2) is 6.65. The smallest absolute Gasteiger partial charge is 0.243 e. The molecule has 0 aliphatic carbocycles. The first-order valence-electron chi connectivity index (χ1n) is 7.38. The Morgan fingerprint density at radius 2 is 1.52 bits per heavy atom. The fourth-order valence-electron chi connectivity index (χ4n) is 3.40. The maximum Gasteiger partial charge on any atom is 0.243 e. The van der Waals surface area contributed by atoms with E-state index in [1.54, 1.807) is 28.6 Å². The Morgan fingerprint density at radius 1 is 0.952 bits per heavy atom. The van der Waals surface area contributed by atoms with Gasteiger partial charge in [-0.1, -0.05) is 18.2 Å². The van der Waals surface area contributed by atoms with E-state index in [1.807, 2.05) is 6.07 Å². The Hall–Kier alpha value is -0.620. The number of benzene rings is 1. The molecule has 118 valence electrons. The van der Waals surface area contributed by atoms with Crippen molar-refractivity contribution in [2.45, 2.75) is 30.6 Å². The van der Waals surface area contributed by atoms with Crippen molar-refractivity contribution in [3.63, 3.8) is 0 Å². The lowest BCUT2D eigenvalue weighted by atomic mass is 9.72. The molecule has 0 atom stereocenters. The van der Waals surface area contributed by atoms with E-state index < -0.39 is 10.0 Å². The van der Waals surface area contributed by atoms with Crippen LogP contribution in [0.4, 0.5) is 0 Å². The van der Waals surface area contributed by atoms with E-state index in [4.69, 9.17) is 0 Å². The number of nitrogens with one attached hydrogen (secondary N) is 1. The number of nitrogens with zero attached hydrogens (tertiary/aromatic N) is 1. The summed E-state index contributed by atoms with van der Waals surface area (Å²) in [6.07, 6.45) is 4.37. The topological polar surface area (TPSA) is 49.4 Å². The zero-order chi connectivity index (χ0) is 14.1. The highest BCUT2D eigenvalue weighted by atomic mass is 35.5. The van der Waals surface area contributed by atoms with E-state index in [2.05, 4.69) is 5.32 Å². The Morgan fingerprint density at radius 3 is 2.10 bits per heavy atom. The van der Waals surface area contributed by atoms with Gasteiger partial charge in [0.2, 0.25) is 10.0 Å². The van der Waals surface area contributed by atoms with E-state index in [-0.39, 0.29) is 12.4 Å². The molecule has 3 rings (SSSR count). The molecule has 0 bridgehead atoms. The molecule has 2 aliphatic rings. The maximum absolute atomic E-state index is 12.6. The summed E-state index contributed by atoms with van der Waals surface area (Å²) in [7, 11) is -3.30. The molecule has 2 saturated heterocycles. The molecule has 0 amide bonds. The highest BCUT2D eigenvalue weighted by Crippen LogP contribution is 2.40. The van der Waals surface area contributed by atoms with Crippen LogP contribution >= 0.6 is 12.4 Å². The number of halogens is 1. The Bertz CT molecular complexity index is 546. The van der Waals surface area contributed by atoms with Crippen LogP contribution in [0, 0.1) is 5.41 Å². The first-order valence-corrected chi connectivity index (χ1v) is 8.82. The lowest BCUT2D eigenvalue weighted by Gasteiger charge is -2.43. The van der Waals surface area contributed by atoms with Gasteiger partial charge in [-0.25, -0.2) is 8.42 Å². The van der Waals surface area contributed by atoms with Crippen LogP contribution in [0.5, 0.6) is 0 Å². The minimum absolute atomic E-state index is 0. The molecule has 0 unspecified atom stereocenters. The monoisotopic (exact) mass is 330 g/mol. The summed E-state index contributed by atoms with van der Waals surface area (Å²) >= 11 is 0. The van der Waals surface area contributed by atoms with Crippen molar-refractivity contribution in [3.8, 4) is 0 Å². The largest absolute Gasteiger partial charge is 0.317 e. The molecule has 4 nitrogen and oxygen atoms in total. The summed E-state index contributed by atoms with van der Waals surface area (Å²) in [4.78, 5) is 0.418. The molecule has 2 fully saturated rings. The van der Waals surface area contributed by atoms with Crippen LogP contribution in [0.2, 0.25) is 0 Å². The second-order valence-corrected chi connectivity index (χ2v) is 7.91. The van der Waals surface area contributed by atoms with E-state index >= 15 is 0 Å². The maximum atomic E-state index is 12.6. The number of sulfonamides is 1. The predicted molar refractivity (Wildman–Crippen MR) is 86.2 cm³/mol. The first-order chi connectivity index (χ1) is 9.62. The van der Waals surface area contributed by atoms with E-state index in [0.29, 0.717) is 23.4 Å². The third kappa shape index (κ3) is 3.42. The van der Waals surface area contributed by atoms with E-state index in [1.165, 1.54) is 12.8 Å². The average molecular weight is 331 g/mol. The quantitative estimate of drug-likeness (QED) is 0.905. The number of piperidine rings is 2. The summed E-state index contributed by atoms with van der Waals surface area (Å²) in [6.45, 7) is 3.48. The molecule has 6 heteroatoms. The zero-order valence-corrected chi connectivity index (χ0v) is 13.8. The van der Waals surface area contributed by atoms with Crippen LogP contribution in [-0.2, 0) is 10.0 Å². The highest BCUT2D eigenvalue weighted by Gasteiger charge is 2.38. The molecular formula is C15H23ClN2O2S. The van der Waals surface area contributed by atoms with Gasteiger partial charge in [-0.05, 0) is 56.3 Å². The van der Waals surface area contributed by atoms with Gasteiger partial charge in [-0.3, -0.25) is 0 Å². The molecule has 0 radical (unpaired) electrons. The van der Waals surface area contributed by atoms with Crippen molar-refractivity contribution >= 4 is 22.4 Å². The second-order valence-electron chi connectivity index (χ2n) is 5.97. The molecule has 1 aromatic carbocycles. The van der Waals surface area contributed by atoms with Gasteiger partial charge < -0.3 is 5.32 Å². The lowest BCUT2D eigenvalue weighted by Crippen LogP contribution is -2.47. The van der Waals surface area contributed by atoms with Crippen LogP contribution in [0.3, 0.4) is 0 Å². The molecule has 1 spiro atoms. The molecule has 1 aromatic rings. The van der Waals surface area contributed by atoms with Crippen molar-refractivity contribution < 1.29 is 8.42 Å². The summed E-state index contributed by atoms with van der Waals surface area (Å²) in [5.74, 6) is 0. The van der Waals surface area contributed by atoms with Crippen molar-refractivity contribution in [2.24, 2.45) is 5.41 Å². The highest BCUT2D eigenvalue weighted by molar-refractivity contribution is 7.89. The van der Waals surface area contributed by atoms with Crippen LogP contribution in [0.25, 0.3) is 0 Å². The SMILES string of the molecule is Cl.O=S(=O)(c1ccccc1)N1CCC2(CCNCC2)CC1. The minimum Gasteiger partial charge on any atom is -0.317 e. The Kier molecular flexibility index (Phi) is 5.30. The van der Waals surface area contributed by atoms with Gasteiger partial charge in [-0.15, -0.1) is 12.4 Å². The van der Waals surface area contributed by atoms with Gasteiger partial charge in [0.1, 0.15) is 0 Å². The van der Waals surface area contributed by atoms with Gasteiger partial charge in [0.15, 0.2) is 0 Å². The number of hydrogen-bond donors (Lipinski definition) is 1. The van der Waals surface area contributed by atoms with Crippen molar-refractivity contribution in [1.82, 2.24) is 9.62 Å². The normalized spacial score (nSPS) is 22.7. The third-order valence-electron chi connectivity index (χ3n) is 4.83. The Balaban J connectivity index is 0.00000161. The first kappa shape index (κ1) is 16.7. The van der Waals surface area contributed by atoms with Gasteiger partial charge >= 0.3 is 0 Å². The van der Waals surface area contributed by atoms with Crippen LogP contribution < -0.4 is 5.32 Å². The molecule has 2 heterocycles. The van der Waals surface area contributed by atoms with Gasteiger partial charge in [0, 0.05) is 13.1 Å². The number of rotatable bonds is 2. The fourth-order valence-corrected chi connectivity index (χ4v) is 4.86. The fraction of sp³-hybridized carbons (Fsp3) is 0.600. The summed E-state index contributed by atoms with van der Waals surface area (Å²) in [6, 6.07) is 8.78.